The topological polar surface area (TPSA) is 37.1 Å². The maximum atomic E-state index is 5.90. The van der Waals surface area contributed by atoms with Crippen molar-refractivity contribution in [1.82, 2.24) is 0 Å². The first-order valence-corrected chi connectivity index (χ1v) is 16.1. The fourth-order valence-electron chi connectivity index (χ4n) is 0.442. The number of hydrogen-bond acceptors (Lipinski definition) is 3. The van der Waals surface area contributed by atoms with E-state index in [-0.39, 0.29) is 0 Å². The van der Waals surface area contributed by atoms with Gasteiger partial charge in [0.15, 0.2) is 0 Å². The molecular weight excluding hydrogens is 481 g/mol. The molecule has 72 valence electrons. The first-order valence-electron chi connectivity index (χ1n) is 2.21. The summed E-state index contributed by atoms with van der Waals surface area (Å²) in [6.07, 6.45) is 0. The van der Waals surface area contributed by atoms with Gasteiger partial charge in [-0.15, -0.1) is 0 Å². The second kappa shape index (κ2) is 4.11. The molecule has 0 fully saturated rings. The van der Waals surface area contributed by atoms with Crippen LogP contribution in [-0.4, -0.2) is 0 Å². The third kappa shape index (κ3) is 4.24. The SMILES string of the molecule is ClP1(Cl)=NP(Br)(Br)=NP(Cl)(Br)=N1. The van der Waals surface area contributed by atoms with Gasteiger partial charge in [0.25, 0.3) is 5.91 Å². The van der Waals surface area contributed by atoms with Crippen LogP contribution in [0, 0.1) is 0 Å². The quantitative estimate of drug-likeness (QED) is 0.318. The lowest BCUT2D eigenvalue weighted by Crippen LogP contribution is -1.61. The maximum Gasteiger partial charge on any atom is 0.256 e. The number of nitrogens with zero attached hydrogens (tertiary/aromatic N) is 3. The Labute approximate surface area is 108 Å². The maximum absolute atomic E-state index is 5.90. The molecule has 1 rings (SSSR count). The Kier molecular flexibility index (Phi) is 4.47. The van der Waals surface area contributed by atoms with E-state index in [9.17, 15) is 0 Å². The Hall–Kier alpha value is 3.00. The molecule has 0 saturated heterocycles. The molecule has 1 aliphatic rings. The van der Waals surface area contributed by atoms with Crippen LogP contribution < -0.4 is 0 Å². The summed E-state index contributed by atoms with van der Waals surface area (Å²) >= 11 is 27.2. The van der Waals surface area contributed by atoms with Crippen molar-refractivity contribution < 1.29 is 0 Å². The van der Waals surface area contributed by atoms with Crippen LogP contribution in [0.1, 0.15) is 0 Å². The highest BCUT2D eigenvalue weighted by molar-refractivity contribution is 9.71. The minimum absolute atomic E-state index is 2.14. The number of rotatable bonds is 0. The molecule has 0 bridgehead atoms. The van der Waals surface area contributed by atoms with Gasteiger partial charge in [0.2, 0.25) is 9.87 Å². The summed E-state index contributed by atoms with van der Waals surface area (Å²) in [5, 5.41) is -2.40. The highest BCUT2D eigenvalue weighted by Crippen LogP contribution is 2.89. The van der Waals surface area contributed by atoms with Crippen LogP contribution in [0.15, 0.2) is 13.5 Å². The first kappa shape index (κ1) is 13.1. The predicted molar refractivity (Wildman–Crippen MR) is 72.4 cm³/mol. The normalized spacial score (nSPS) is 37.5. The van der Waals surface area contributed by atoms with Crippen LogP contribution in [-0.2, 0) is 0 Å². The van der Waals surface area contributed by atoms with Crippen LogP contribution in [0.4, 0.5) is 0 Å². The van der Waals surface area contributed by atoms with E-state index in [1.54, 1.807) is 0 Å². The molecule has 0 aromatic carbocycles. The van der Waals surface area contributed by atoms with Crippen LogP contribution in [0.25, 0.3) is 0 Å². The van der Waals surface area contributed by atoms with Gasteiger partial charge in [-0.3, -0.25) is 0 Å². The largest absolute Gasteiger partial charge is 0.256 e. The number of halogens is 6. The summed E-state index contributed by atoms with van der Waals surface area (Å²) in [5.74, 6) is -2.65. The van der Waals surface area contributed by atoms with Gasteiger partial charge in [-0.2, -0.15) is 13.5 Å². The van der Waals surface area contributed by atoms with Gasteiger partial charge in [0.05, 0.1) is 0 Å². The van der Waals surface area contributed by atoms with Gasteiger partial charge in [0.1, 0.15) is 0 Å². The molecule has 0 amide bonds. The van der Waals surface area contributed by atoms with Crippen LogP contribution in [0.3, 0.4) is 0 Å². The molecular formula is Br3Cl3N3P3. The van der Waals surface area contributed by atoms with Crippen molar-refractivity contribution in [3.8, 4) is 0 Å². The summed E-state index contributed by atoms with van der Waals surface area (Å²) in [4.78, 5) is 0. The summed E-state index contributed by atoms with van der Waals surface area (Å²) in [5.41, 5.74) is 0. The average Bonchev–Trinajstić information content (AvgIpc) is 1.44. The van der Waals surface area contributed by atoms with Gasteiger partial charge in [0, 0.05) is 15.5 Å². The Bertz CT molecular complexity index is 281. The van der Waals surface area contributed by atoms with Gasteiger partial charge in [-0.1, -0.05) is 0 Å². The zero-order valence-electron chi connectivity index (χ0n) is 4.95. The molecule has 0 aliphatic carbocycles. The third-order valence-corrected chi connectivity index (χ3v) is 17.1. The second-order valence-corrected chi connectivity index (χ2v) is 24.3. The molecule has 1 atom stereocenters. The fraction of sp³-hybridized carbons (Fsp3) is 0. The fourth-order valence-corrected chi connectivity index (χ4v) is 31.2. The molecule has 0 aromatic rings. The molecule has 1 unspecified atom stereocenters. The number of hydrogen-bond donors (Lipinski definition) is 0. The zero-order valence-corrected chi connectivity index (χ0v) is 14.7. The second-order valence-electron chi connectivity index (χ2n) is 1.64. The van der Waals surface area contributed by atoms with Crippen LogP contribution >= 0.6 is 96.0 Å². The average molecular weight is 481 g/mol. The van der Waals surface area contributed by atoms with Crippen molar-refractivity contribution in [3.05, 3.63) is 0 Å². The minimum atomic E-state index is -2.65. The lowest BCUT2D eigenvalue weighted by Gasteiger charge is -2.17. The van der Waals surface area contributed by atoms with Gasteiger partial charge < -0.3 is 0 Å². The van der Waals surface area contributed by atoms with Crippen LogP contribution in [0.2, 0.25) is 0 Å². The van der Waals surface area contributed by atoms with E-state index in [4.69, 9.17) is 33.7 Å². The molecule has 0 aromatic heterocycles. The van der Waals surface area contributed by atoms with Crippen molar-refractivity contribution >= 4 is 96.0 Å². The summed E-state index contributed by atoms with van der Waals surface area (Å²) in [7, 11) is 0. The van der Waals surface area contributed by atoms with Crippen molar-refractivity contribution in [2.24, 2.45) is 13.5 Å². The summed E-state index contributed by atoms with van der Waals surface area (Å²) in [6.45, 7) is 0. The minimum Gasteiger partial charge on any atom is -0.196 e. The summed E-state index contributed by atoms with van der Waals surface area (Å²) in [6, 6.07) is 0. The molecule has 1 aliphatic heterocycles. The molecule has 3 nitrogen and oxygen atoms in total. The van der Waals surface area contributed by atoms with Gasteiger partial charge in [-0.25, -0.2) is 0 Å². The molecule has 0 saturated carbocycles. The van der Waals surface area contributed by atoms with Crippen LogP contribution in [0.5, 0.6) is 0 Å². The third-order valence-electron chi connectivity index (χ3n) is 0.646. The smallest absolute Gasteiger partial charge is 0.196 e. The van der Waals surface area contributed by atoms with E-state index >= 15 is 0 Å². The molecule has 12 heavy (non-hydrogen) atoms. The zero-order chi connectivity index (χ0) is 9.62. The Morgan fingerprint density at radius 1 is 0.833 bits per heavy atom. The lowest BCUT2D eigenvalue weighted by molar-refractivity contribution is 1.81. The van der Waals surface area contributed by atoms with E-state index in [2.05, 4.69) is 60.0 Å². The van der Waals surface area contributed by atoms with Gasteiger partial charge >= 0.3 is 0 Å². The predicted octanol–water partition coefficient (Wildman–Crippen LogP) is 7.74. The summed E-state index contributed by atoms with van der Waals surface area (Å²) < 4.78 is 9.88. The molecule has 0 spiro atoms. The van der Waals surface area contributed by atoms with E-state index in [1.165, 1.54) is 0 Å². The molecule has 12 heteroatoms. The van der Waals surface area contributed by atoms with E-state index in [1.807, 2.05) is 0 Å². The van der Waals surface area contributed by atoms with Crippen molar-refractivity contribution in [2.45, 2.75) is 0 Å². The molecule has 1 heterocycles. The lowest BCUT2D eigenvalue weighted by atomic mass is 13.8. The highest BCUT2D eigenvalue weighted by Gasteiger charge is 2.29. The van der Waals surface area contributed by atoms with E-state index in [0.29, 0.717) is 0 Å². The Balaban J connectivity index is 3.46. The highest BCUT2D eigenvalue weighted by atomic mass is 79.9. The Morgan fingerprint density at radius 3 is 1.67 bits per heavy atom. The molecule has 0 radical (unpaired) electrons. The van der Waals surface area contributed by atoms with Crippen molar-refractivity contribution in [1.29, 1.82) is 0 Å². The molecule has 0 N–H and O–H groups in total. The van der Waals surface area contributed by atoms with E-state index in [0.717, 1.165) is 0 Å². The van der Waals surface area contributed by atoms with Crippen molar-refractivity contribution in [2.75, 3.05) is 0 Å². The van der Waals surface area contributed by atoms with E-state index < -0.39 is 15.8 Å². The Morgan fingerprint density at radius 2 is 1.33 bits per heavy atom. The monoisotopic (exact) mass is 477 g/mol. The standard InChI is InChI=1S/Br3Cl3N3P3/c1-10(2)7-11(3,4)9-12(5,6)8-10. The first-order chi connectivity index (χ1) is 5.12. The van der Waals surface area contributed by atoms with Crippen molar-refractivity contribution in [3.63, 3.8) is 0 Å². The van der Waals surface area contributed by atoms with Gasteiger partial charge in [-0.05, 0) is 64.7 Å².